The smallest absolute Gasteiger partial charge is 0.235 e. The molecule has 0 spiro atoms. The van der Waals surface area contributed by atoms with Gasteiger partial charge in [0.15, 0.2) is 16.1 Å². The van der Waals surface area contributed by atoms with Gasteiger partial charge in [0.25, 0.3) is 0 Å². The van der Waals surface area contributed by atoms with Crippen LogP contribution >= 0.6 is 0 Å². The minimum atomic E-state index is -3.42. The summed E-state index contributed by atoms with van der Waals surface area (Å²) >= 11 is 0. The Morgan fingerprint density at radius 1 is 0.261 bits per heavy atom. The van der Waals surface area contributed by atoms with E-state index in [-0.39, 0.29) is 0 Å². The Morgan fingerprint density at radius 2 is 0.568 bits per heavy atom. The van der Waals surface area contributed by atoms with Gasteiger partial charge in [-0.25, -0.2) is 4.99 Å². The zero-order chi connectivity index (χ0) is 58.4. The normalized spacial score (nSPS) is 13.6. The van der Waals surface area contributed by atoms with Gasteiger partial charge in [-0.15, -0.1) is 0 Å². The van der Waals surface area contributed by atoms with Crippen LogP contribution in [0.2, 0.25) is 0 Å². The van der Waals surface area contributed by atoms with Crippen LogP contribution in [-0.4, -0.2) is 37.1 Å². The Balaban J connectivity index is 1.07. The van der Waals surface area contributed by atoms with E-state index in [4.69, 9.17) is 9.98 Å². The van der Waals surface area contributed by atoms with E-state index in [1.807, 2.05) is 0 Å². The Morgan fingerprint density at radius 3 is 0.966 bits per heavy atom. The molecule has 1 aliphatic rings. The monoisotopic (exact) mass is 1160 g/mol. The second-order valence-corrected chi connectivity index (χ2v) is 30.5. The third-order valence-electron chi connectivity index (χ3n) is 18.1. The third kappa shape index (κ3) is 8.73. The Kier molecular flexibility index (Phi) is 13.2. The van der Waals surface area contributed by atoms with E-state index in [2.05, 4.69) is 360 Å². The first kappa shape index (κ1) is 52.6. The van der Waals surface area contributed by atoms with Crippen molar-refractivity contribution >= 4 is 113 Å². The molecule has 2 aromatic heterocycles. The van der Waals surface area contributed by atoms with Gasteiger partial charge >= 0.3 is 0 Å². The van der Waals surface area contributed by atoms with Crippen molar-refractivity contribution in [3.05, 3.63) is 351 Å². The number of amidine groups is 1. The molecule has 0 saturated heterocycles. The highest BCUT2D eigenvalue weighted by Crippen LogP contribution is 2.35. The van der Waals surface area contributed by atoms with E-state index in [1.54, 1.807) is 0 Å². The molecule has 16 rings (SSSR count). The molecular weight excluding hydrogens is 1100 g/mol. The van der Waals surface area contributed by atoms with Crippen LogP contribution in [0.4, 0.5) is 0 Å². The van der Waals surface area contributed by atoms with Crippen LogP contribution in [-0.2, 0) is 0 Å². The molecule has 0 amide bonds. The summed E-state index contributed by atoms with van der Waals surface area (Å²) in [6, 6.07) is 128. The number of nitrogens with one attached hydrogen (secondary N) is 1. The lowest BCUT2D eigenvalue weighted by Crippen LogP contribution is -2.78. The molecule has 1 N–H and O–H groups in total. The number of benzene rings is 13. The van der Waals surface area contributed by atoms with Crippen LogP contribution in [0.3, 0.4) is 0 Å². The van der Waals surface area contributed by atoms with Crippen molar-refractivity contribution in [1.82, 2.24) is 14.5 Å². The molecule has 0 bridgehead atoms. The van der Waals surface area contributed by atoms with Gasteiger partial charge in [-0.05, 0) is 88.0 Å². The van der Waals surface area contributed by atoms with Crippen molar-refractivity contribution in [2.45, 2.75) is 6.29 Å². The van der Waals surface area contributed by atoms with Crippen LogP contribution in [0.5, 0.6) is 0 Å². The van der Waals surface area contributed by atoms with E-state index < -0.39 is 22.4 Å². The van der Waals surface area contributed by atoms with Crippen molar-refractivity contribution in [1.29, 1.82) is 0 Å². The molecule has 5 nitrogen and oxygen atoms in total. The van der Waals surface area contributed by atoms with E-state index in [0.717, 1.165) is 44.2 Å². The summed E-state index contributed by atoms with van der Waals surface area (Å²) in [5.41, 5.74) is 9.91. The van der Waals surface area contributed by atoms with Crippen LogP contribution in [0.1, 0.15) is 11.9 Å². The predicted octanol–water partition coefficient (Wildman–Crippen LogP) is 13.4. The highest BCUT2D eigenvalue weighted by atomic mass is 28.3. The largest absolute Gasteiger partial charge is 0.330 e. The standard InChI is InChI=1S/C81H59N5Si2/c1-7-29-58(30-8-1)60-33-27-43-67(53-60)87(63-35-11-3-12-36-63,64-37-13-4-14-38-64)69-55-62(56-70(57-69)88(65-39-15-5-16-40-65,66-41-17-6-18-42-66)68-44-28-34-61(54-68)59-31-9-2-10-32-59)79-82-80(85-75-49-23-19-45-71(75)72-46-20-24-50-76(72)85)84-81(83-79)86-77-51-25-21-47-73(77)74-48-22-26-52-78(74)86/h1-57,80H,(H,82,83,84). The summed E-state index contributed by atoms with van der Waals surface area (Å²) in [5, 5.41) is 18.9. The zero-order valence-electron chi connectivity index (χ0n) is 48.3. The number of nitrogens with zero attached hydrogens (tertiary/aromatic N) is 4. The van der Waals surface area contributed by atoms with Gasteiger partial charge in [0.2, 0.25) is 12.2 Å². The minimum Gasteiger partial charge on any atom is -0.330 e. The first-order chi connectivity index (χ1) is 43.6. The lowest BCUT2D eigenvalue weighted by Gasteiger charge is -2.39. The average Bonchev–Trinajstić information content (AvgIpc) is 1.06. The van der Waals surface area contributed by atoms with E-state index >= 15 is 0 Å². The van der Waals surface area contributed by atoms with Gasteiger partial charge in [-0.2, -0.15) is 4.99 Å². The zero-order valence-corrected chi connectivity index (χ0v) is 50.3. The van der Waals surface area contributed by atoms with Crippen molar-refractivity contribution in [3.63, 3.8) is 0 Å². The van der Waals surface area contributed by atoms with Gasteiger partial charge < -0.3 is 9.88 Å². The van der Waals surface area contributed by atoms with Crippen LogP contribution in [0.15, 0.2) is 356 Å². The van der Waals surface area contributed by atoms with Crippen molar-refractivity contribution in [2.24, 2.45) is 9.98 Å². The number of aromatic nitrogens is 2. The highest BCUT2D eigenvalue weighted by molar-refractivity contribution is 7.22. The maximum atomic E-state index is 5.94. The summed E-state index contributed by atoms with van der Waals surface area (Å²) in [6.45, 7) is 0. The number of fused-ring (bicyclic) bond motifs is 6. The Hall–Kier alpha value is -11.0. The van der Waals surface area contributed by atoms with E-state index in [0.29, 0.717) is 5.96 Å². The highest BCUT2D eigenvalue weighted by Gasteiger charge is 2.47. The fourth-order valence-electron chi connectivity index (χ4n) is 14.2. The summed E-state index contributed by atoms with van der Waals surface area (Å²) < 4.78 is 4.66. The molecule has 13 aromatic carbocycles. The second kappa shape index (κ2) is 22.1. The minimum absolute atomic E-state index is 0.598. The Bertz CT molecular complexity index is 4750. The number of rotatable bonds is 12. The number of hydrogen-bond donors (Lipinski definition) is 1. The molecule has 1 unspecified atom stereocenters. The van der Waals surface area contributed by atoms with Crippen molar-refractivity contribution < 1.29 is 0 Å². The lowest BCUT2D eigenvalue weighted by molar-refractivity contribution is 0.513. The van der Waals surface area contributed by atoms with Gasteiger partial charge in [0, 0.05) is 27.1 Å². The summed E-state index contributed by atoms with van der Waals surface area (Å²) in [5.74, 6) is 1.33. The SMILES string of the molecule is c1ccc(-c2cccc([Si](c3ccccc3)(c3ccccc3)c3cc(C4=NC(n5c6ccccc6c6ccccc65)=NC(n5c6ccccc6c6ccccc65)N4)cc([Si](c4ccccc4)(c4ccccc4)c4cccc(-c5ccccc5)c4)c3)c2)cc1. The molecule has 0 radical (unpaired) electrons. The fraction of sp³-hybridized carbons (Fsp3) is 0.0123. The van der Waals surface area contributed by atoms with Gasteiger partial charge in [0.1, 0.15) is 5.84 Å². The Labute approximate surface area is 514 Å². The summed E-state index contributed by atoms with van der Waals surface area (Å²) in [7, 11) is -6.84. The molecule has 1 atom stereocenters. The average molecular weight is 1160 g/mol. The molecule has 7 heteroatoms. The first-order valence-electron chi connectivity index (χ1n) is 30.2. The molecule has 15 aromatic rings. The van der Waals surface area contributed by atoms with Crippen molar-refractivity contribution in [3.8, 4) is 22.3 Å². The summed E-state index contributed by atoms with van der Waals surface area (Å²) in [4.78, 5) is 11.8. The van der Waals surface area contributed by atoms with Crippen molar-refractivity contribution in [2.75, 3.05) is 0 Å². The molecule has 88 heavy (non-hydrogen) atoms. The maximum absolute atomic E-state index is 5.94. The predicted molar refractivity (Wildman–Crippen MR) is 375 cm³/mol. The van der Waals surface area contributed by atoms with E-state index in [9.17, 15) is 0 Å². The van der Waals surface area contributed by atoms with Crippen LogP contribution in [0, 0.1) is 0 Å². The summed E-state index contributed by atoms with van der Waals surface area (Å²) in [6.07, 6.45) is -0.625. The molecule has 0 fully saturated rings. The number of hydrogen-bond acceptors (Lipinski definition) is 3. The quantitative estimate of drug-likeness (QED) is 0.0962. The van der Waals surface area contributed by atoms with Gasteiger partial charge in [-0.3, -0.25) is 4.57 Å². The van der Waals surface area contributed by atoms with Gasteiger partial charge in [0.05, 0.1) is 22.1 Å². The molecule has 1 aliphatic heterocycles. The number of para-hydroxylation sites is 4. The van der Waals surface area contributed by atoms with E-state index in [1.165, 1.54) is 74.5 Å². The van der Waals surface area contributed by atoms with Gasteiger partial charge in [-0.1, -0.05) is 322 Å². The fourth-order valence-corrected chi connectivity index (χ4v) is 24.1. The molecule has 416 valence electrons. The van der Waals surface area contributed by atoms with Crippen LogP contribution in [0.25, 0.3) is 65.9 Å². The second-order valence-electron chi connectivity index (χ2n) is 22.8. The van der Waals surface area contributed by atoms with Crippen LogP contribution < -0.4 is 46.8 Å². The lowest BCUT2D eigenvalue weighted by atomic mass is 10.1. The topological polar surface area (TPSA) is 46.6 Å². The third-order valence-corrected chi connectivity index (χ3v) is 27.5. The molecular formula is C81H59N5Si2. The molecule has 0 saturated carbocycles. The maximum Gasteiger partial charge on any atom is 0.235 e. The number of aliphatic imine (C=N–C) groups is 2. The molecule has 3 heterocycles. The molecule has 0 aliphatic carbocycles. The first-order valence-corrected chi connectivity index (χ1v) is 34.2.